The van der Waals surface area contributed by atoms with Gasteiger partial charge in [-0.25, -0.2) is 0 Å². The fourth-order valence-electron chi connectivity index (χ4n) is 3.62. The number of rotatable bonds is 3. The van der Waals surface area contributed by atoms with Crippen LogP contribution in [0.15, 0.2) is 12.1 Å². The molecule has 2 N–H and O–H groups in total. The summed E-state index contributed by atoms with van der Waals surface area (Å²) in [4.78, 5) is 0. The van der Waals surface area contributed by atoms with Crippen LogP contribution in [-0.4, -0.2) is 7.11 Å². The first-order valence-electron chi connectivity index (χ1n) is 8.04. The molecule has 0 aromatic heterocycles. The van der Waals surface area contributed by atoms with Crippen molar-refractivity contribution >= 4 is 0 Å². The van der Waals surface area contributed by atoms with Crippen molar-refractivity contribution in [1.82, 2.24) is 0 Å². The summed E-state index contributed by atoms with van der Waals surface area (Å²) in [6.07, 6.45) is 9.41. The molecule has 1 unspecified atom stereocenters. The molecule has 20 heavy (non-hydrogen) atoms. The second-order valence-corrected chi connectivity index (χ2v) is 6.32. The third-order valence-corrected chi connectivity index (χ3v) is 4.73. The average molecular weight is 275 g/mol. The van der Waals surface area contributed by atoms with Crippen LogP contribution < -0.4 is 10.5 Å². The van der Waals surface area contributed by atoms with Gasteiger partial charge in [0.15, 0.2) is 0 Å². The van der Waals surface area contributed by atoms with E-state index in [-0.39, 0.29) is 6.04 Å². The average Bonchev–Trinajstić information content (AvgIpc) is 2.37. The summed E-state index contributed by atoms with van der Waals surface area (Å²) in [6, 6.07) is 4.61. The van der Waals surface area contributed by atoms with E-state index in [9.17, 15) is 0 Å². The van der Waals surface area contributed by atoms with E-state index in [1.165, 1.54) is 61.6 Å². The van der Waals surface area contributed by atoms with Gasteiger partial charge in [0.25, 0.3) is 0 Å². The molecule has 1 fully saturated rings. The molecule has 0 bridgehead atoms. The van der Waals surface area contributed by atoms with Gasteiger partial charge in [0.1, 0.15) is 5.75 Å². The van der Waals surface area contributed by atoms with Crippen LogP contribution in [0.25, 0.3) is 0 Å². The van der Waals surface area contributed by atoms with Crippen LogP contribution in [-0.2, 0) is 0 Å². The molecule has 112 valence electrons. The molecule has 0 heterocycles. The van der Waals surface area contributed by atoms with Gasteiger partial charge in [-0.3, -0.25) is 0 Å². The molecule has 1 aromatic rings. The molecule has 2 heteroatoms. The minimum absolute atomic E-state index is 0.177. The predicted octanol–water partition coefficient (Wildman–Crippen LogP) is 4.67. The Labute approximate surface area is 123 Å². The van der Waals surface area contributed by atoms with E-state index >= 15 is 0 Å². The first-order valence-corrected chi connectivity index (χ1v) is 8.04. The highest BCUT2D eigenvalue weighted by atomic mass is 16.5. The van der Waals surface area contributed by atoms with Gasteiger partial charge in [-0.2, -0.15) is 0 Å². The van der Waals surface area contributed by atoms with Crippen molar-refractivity contribution in [1.29, 1.82) is 0 Å². The molecule has 1 atom stereocenters. The van der Waals surface area contributed by atoms with Gasteiger partial charge in [0, 0.05) is 6.04 Å². The number of hydrogen-bond donors (Lipinski definition) is 1. The molecule has 0 spiro atoms. The van der Waals surface area contributed by atoms with E-state index in [2.05, 4.69) is 26.0 Å². The Kier molecular flexibility index (Phi) is 5.47. The van der Waals surface area contributed by atoms with E-state index < -0.39 is 0 Å². The maximum Gasteiger partial charge on any atom is 0.124 e. The van der Waals surface area contributed by atoms with Crippen LogP contribution in [0, 0.1) is 19.8 Å². The summed E-state index contributed by atoms with van der Waals surface area (Å²) in [5.74, 6) is 1.64. The number of aryl methyl sites for hydroxylation is 2. The van der Waals surface area contributed by atoms with Crippen molar-refractivity contribution in [2.75, 3.05) is 7.11 Å². The molecule has 2 nitrogen and oxygen atoms in total. The highest BCUT2D eigenvalue weighted by Crippen LogP contribution is 2.34. The quantitative estimate of drug-likeness (QED) is 0.869. The van der Waals surface area contributed by atoms with Gasteiger partial charge >= 0.3 is 0 Å². The lowest BCUT2D eigenvalue weighted by atomic mass is 9.82. The highest BCUT2D eigenvalue weighted by Gasteiger charge is 2.21. The van der Waals surface area contributed by atoms with Crippen molar-refractivity contribution in [3.05, 3.63) is 28.8 Å². The van der Waals surface area contributed by atoms with Crippen molar-refractivity contribution < 1.29 is 4.74 Å². The number of ether oxygens (including phenoxy) is 1. The lowest BCUT2D eigenvalue weighted by Crippen LogP contribution is -2.22. The molecule has 0 radical (unpaired) electrons. The predicted molar refractivity (Wildman–Crippen MR) is 85.2 cm³/mol. The standard InChI is InChI=1S/C18H29NO/c1-13-11-16(12-14(2)18(13)20-3)17(19)15-9-7-5-4-6-8-10-15/h11-12,15,17H,4-10,19H2,1-3H3. The summed E-state index contributed by atoms with van der Waals surface area (Å²) in [6.45, 7) is 4.22. The van der Waals surface area contributed by atoms with Crippen LogP contribution in [0.5, 0.6) is 5.75 Å². The summed E-state index contributed by atoms with van der Waals surface area (Å²) >= 11 is 0. The van der Waals surface area contributed by atoms with E-state index in [0.717, 1.165) is 5.75 Å². The molecular weight excluding hydrogens is 246 g/mol. The molecule has 1 saturated carbocycles. The van der Waals surface area contributed by atoms with E-state index in [1.807, 2.05) is 0 Å². The number of hydrogen-bond acceptors (Lipinski definition) is 2. The van der Waals surface area contributed by atoms with Crippen LogP contribution >= 0.6 is 0 Å². The number of methoxy groups -OCH3 is 1. The maximum absolute atomic E-state index is 6.58. The molecule has 0 aliphatic heterocycles. The number of nitrogens with two attached hydrogens (primary N) is 1. The summed E-state index contributed by atoms with van der Waals surface area (Å²) < 4.78 is 5.45. The number of benzene rings is 1. The van der Waals surface area contributed by atoms with E-state index in [4.69, 9.17) is 10.5 Å². The van der Waals surface area contributed by atoms with E-state index in [0.29, 0.717) is 5.92 Å². The van der Waals surface area contributed by atoms with E-state index in [1.54, 1.807) is 7.11 Å². The zero-order chi connectivity index (χ0) is 14.5. The largest absolute Gasteiger partial charge is 0.496 e. The SMILES string of the molecule is COc1c(C)cc(C(N)C2CCCCCCC2)cc1C. The van der Waals surface area contributed by atoms with Crippen molar-refractivity contribution in [3.63, 3.8) is 0 Å². The fourth-order valence-corrected chi connectivity index (χ4v) is 3.62. The third-order valence-electron chi connectivity index (χ3n) is 4.73. The zero-order valence-corrected chi connectivity index (χ0v) is 13.2. The Morgan fingerprint density at radius 1 is 1.00 bits per heavy atom. The van der Waals surface area contributed by atoms with Gasteiger partial charge < -0.3 is 10.5 Å². The monoisotopic (exact) mass is 275 g/mol. The van der Waals surface area contributed by atoms with Gasteiger partial charge in [-0.1, -0.05) is 44.2 Å². The van der Waals surface area contributed by atoms with Crippen molar-refractivity contribution in [2.24, 2.45) is 11.7 Å². The lowest BCUT2D eigenvalue weighted by molar-refractivity contribution is 0.327. The van der Waals surface area contributed by atoms with Gasteiger partial charge in [0.05, 0.1) is 7.11 Å². The Hall–Kier alpha value is -1.02. The fraction of sp³-hybridized carbons (Fsp3) is 0.667. The van der Waals surface area contributed by atoms with Gasteiger partial charge in [-0.15, -0.1) is 0 Å². The second-order valence-electron chi connectivity index (χ2n) is 6.32. The Morgan fingerprint density at radius 3 is 2.00 bits per heavy atom. The summed E-state index contributed by atoms with van der Waals surface area (Å²) in [7, 11) is 1.74. The van der Waals surface area contributed by atoms with Crippen molar-refractivity contribution in [2.45, 2.75) is 64.8 Å². The van der Waals surface area contributed by atoms with Gasteiger partial charge in [-0.05, 0) is 49.3 Å². The normalized spacial score (nSPS) is 19.2. The molecule has 1 aliphatic rings. The summed E-state index contributed by atoms with van der Waals surface area (Å²) in [5, 5.41) is 0. The van der Waals surface area contributed by atoms with Gasteiger partial charge in [0.2, 0.25) is 0 Å². The maximum atomic E-state index is 6.58. The molecule has 2 rings (SSSR count). The molecule has 0 saturated heterocycles. The van der Waals surface area contributed by atoms with Crippen LogP contribution in [0.3, 0.4) is 0 Å². The zero-order valence-electron chi connectivity index (χ0n) is 13.2. The van der Waals surface area contributed by atoms with Crippen molar-refractivity contribution in [3.8, 4) is 5.75 Å². The molecule has 0 amide bonds. The first-order chi connectivity index (χ1) is 9.63. The Morgan fingerprint density at radius 2 is 1.50 bits per heavy atom. The minimum Gasteiger partial charge on any atom is -0.496 e. The Balaban J connectivity index is 2.16. The third kappa shape index (κ3) is 3.54. The molecular formula is C18H29NO. The molecule has 1 aromatic carbocycles. The van der Waals surface area contributed by atoms with Crippen LogP contribution in [0.2, 0.25) is 0 Å². The second kappa shape index (κ2) is 7.12. The lowest BCUT2D eigenvalue weighted by Gasteiger charge is -2.27. The van der Waals surface area contributed by atoms with Crippen LogP contribution in [0.1, 0.15) is 67.7 Å². The highest BCUT2D eigenvalue weighted by molar-refractivity contribution is 5.44. The summed E-state index contributed by atoms with van der Waals surface area (Å²) in [5.41, 5.74) is 10.3. The van der Waals surface area contributed by atoms with Crippen LogP contribution in [0.4, 0.5) is 0 Å². The smallest absolute Gasteiger partial charge is 0.124 e. The molecule has 1 aliphatic carbocycles. The minimum atomic E-state index is 0.177. The topological polar surface area (TPSA) is 35.2 Å². The first kappa shape index (κ1) is 15.4. The Bertz CT molecular complexity index is 410.